The number of ketones is 1. The first-order valence-electron chi connectivity index (χ1n) is 6.43. The van der Waals surface area contributed by atoms with Crippen LogP contribution in [-0.2, 0) is 19.1 Å². The van der Waals surface area contributed by atoms with Crippen molar-refractivity contribution in [2.24, 2.45) is 0 Å². The highest BCUT2D eigenvalue weighted by molar-refractivity contribution is 6.56. The summed E-state index contributed by atoms with van der Waals surface area (Å²) >= 11 is 10.6. The van der Waals surface area contributed by atoms with Crippen LogP contribution in [-0.4, -0.2) is 30.8 Å². The van der Waals surface area contributed by atoms with Gasteiger partial charge in [0.15, 0.2) is 5.78 Å². The second kappa shape index (κ2) is 11.7. The second-order valence-corrected chi connectivity index (χ2v) is 5.05. The normalized spacial score (nSPS) is 9.75. The van der Waals surface area contributed by atoms with Crippen LogP contribution in [0.25, 0.3) is 0 Å². The number of hydrogen-bond acceptors (Lipinski definition) is 4. The van der Waals surface area contributed by atoms with Gasteiger partial charge in [0.2, 0.25) is 5.91 Å². The van der Waals surface area contributed by atoms with Crippen LogP contribution in [0.15, 0.2) is 10.6 Å². The zero-order valence-corrected chi connectivity index (χ0v) is 12.9. The lowest BCUT2D eigenvalue weighted by Crippen LogP contribution is -2.26. The molecule has 5 nitrogen and oxygen atoms in total. The van der Waals surface area contributed by atoms with Crippen molar-refractivity contribution in [2.45, 2.75) is 39.0 Å². The smallest absolute Gasteiger partial charge is 0.305 e. The van der Waals surface area contributed by atoms with Crippen LogP contribution in [0.1, 0.15) is 39.0 Å². The molecule has 0 aliphatic carbocycles. The van der Waals surface area contributed by atoms with Crippen LogP contribution < -0.4 is 5.32 Å². The lowest BCUT2D eigenvalue weighted by molar-refractivity contribution is -0.143. The predicted octanol–water partition coefficient (Wildman–Crippen LogP) is 2.50. The Morgan fingerprint density at radius 1 is 1.15 bits per heavy atom. The third kappa shape index (κ3) is 12.0. The van der Waals surface area contributed by atoms with Crippen molar-refractivity contribution in [3.63, 3.8) is 0 Å². The number of nitrogens with one attached hydrogen (secondary N) is 1. The van der Waals surface area contributed by atoms with Gasteiger partial charge in [-0.05, 0) is 19.8 Å². The van der Waals surface area contributed by atoms with Crippen molar-refractivity contribution in [3.05, 3.63) is 10.6 Å². The van der Waals surface area contributed by atoms with Crippen molar-refractivity contribution in [1.82, 2.24) is 5.32 Å². The van der Waals surface area contributed by atoms with E-state index in [1.165, 1.54) is 0 Å². The topological polar surface area (TPSA) is 72.5 Å². The highest BCUT2D eigenvalue weighted by Crippen LogP contribution is 2.06. The molecule has 0 spiro atoms. The van der Waals surface area contributed by atoms with Gasteiger partial charge in [-0.25, -0.2) is 0 Å². The highest BCUT2D eigenvalue weighted by Gasteiger charge is 2.07. The summed E-state index contributed by atoms with van der Waals surface area (Å²) in [5, 5.41) is 2.61. The summed E-state index contributed by atoms with van der Waals surface area (Å²) in [5.41, 5.74) is 0. The summed E-state index contributed by atoms with van der Waals surface area (Å²) < 4.78 is 4.62. The number of allylic oxidation sites excluding steroid dienone is 1. The van der Waals surface area contributed by atoms with Gasteiger partial charge in [0.05, 0.1) is 13.0 Å². The molecule has 1 N–H and O–H groups in total. The van der Waals surface area contributed by atoms with E-state index in [1.807, 2.05) is 0 Å². The van der Waals surface area contributed by atoms with Crippen molar-refractivity contribution in [2.75, 3.05) is 13.2 Å². The Morgan fingerprint density at radius 3 is 2.45 bits per heavy atom. The Morgan fingerprint density at radius 2 is 1.85 bits per heavy atom. The SMILES string of the molecule is CCOC(=O)CCCCCNC(=O)CC(=O)C=C(Cl)Cl. The number of carbonyl (C=O) groups is 3. The number of hydrogen-bond donors (Lipinski definition) is 1. The third-order valence-corrected chi connectivity index (χ3v) is 2.51. The molecule has 0 unspecified atom stereocenters. The summed E-state index contributed by atoms with van der Waals surface area (Å²) in [5.74, 6) is -1.01. The molecule has 0 rings (SSSR count). The Hall–Kier alpha value is -1.07. The minimum absolute atomic E-state index is 0.165. The fraction of sp³-hybridized carbons (Fsp3) is 0.615. The molecule has 20 heavy (non-hydrogen) atoms. The number of esters is 1. The van der Waals surface area contributed by atoms with Gasteiger partial charge in [0, 0.05) is 19.0 Å². The third-order valence-electron chi connectivity index (χ3n) is 2.29. The van der Waals surface area contributed by atoms with E-state index >= 15 is 0 Å². The Labute approximate surface area is 128 Å². The first-order valence-corrected chi connectivity index (χ1v) is 7.19. The molecule has 0 aliphatic rings. The van der Waals surface area contributed by atoms with E-state index in [2.05, 4.69) is 5.32 Å². The molecule has 0 heterocycles. The lowest BCUT2D eigenvalue weighted by Gasteiger charge is -2.04. The van der Waals surface area contributed by atoms with Gasteiger partial charge in [-0.3, -0.25) is 14.4 Å². The quantitative estimate of drug-likeness (QED) is 0.290. The first kappa shape index (κ1) is 18.9. The maximum atomic E-state index is 11.3. The standard InChI is InChI=1S/C13H19Cl2NO4/c1-2-20-13(19)6-4-3-5-7-16-12(18)9-10(17)8-11(14)15/h8H,2-7,9H2,1H3,(H,16,18). The molecule has 0 aromatic heterocycles. The molecular formula is C13H19Cl2NO4. The zero-order chi connectivity index (χ0) is 15.4. The van der Waals surface area contributed by atoms with Crippen molar-refractivity contribution < 1.29 is 19.1 Å². The number of rotatable bonds is 10. The van der Waals surface area contributed by atoms with Crippen molar-refractivity contribution in [1.29, 1.82) is 0 Å². The lowest BCUT2D eigenvalue weighted by atomic mass is 10.2. The Kier molecular flexibility index (Phi) is 11.1. The van der Waals surface area contributed by atoms with Gasteiger partial charge in [0.25, 0.3) is 0 Å². The molecule has 7 heteroatoms. The van der Waals surface area contributed by atoms with Crippen LogP contribution in [0.5, 0.6) is 0 Å². The molecule has 0 atom stereocenters. The molecule has 0 radical (unpaired) electrons. The van der Waals surface area contributed by atoms with E-state index in [9.17, 15) is 14.4 Å². The summed E-state index contributed by atoms with van der Waals surface area (Å²) in [7, 11) is 0. The molecule has 114 valence electrons. The minimum atomic E-state index is -0.440. The van der Waals surface area contributed by atoms with Gasteiger partial charge >= 0.3 is 5.97 Å². The van der Waals surface area contributed by atoms with E-state index in [4.69, 9.17) is 27.9 Å². The molecule has 0 saturated heterocycles. The van der Waals surface area contributed by atoms with Crippen molar-refractivity contribution in [3.8, 4) is 0 Å². The van der Waals surface area contributed by atoms with Crippen LogP contribution >= 0.6 is 23.2 Å². The first-order chi connectivity index (χ1) is 9.45. The number of carbonyl (C=O) groups excluding carboxylic acids is 3. The predicted molar refractivity (Wildman–Crippen MR) is 77.5 cm³/mol. The number of unbranched alkanes of at least 4 members (excludes halogenated alkanes) is 2. The molecule has 0 aliphatic heterocycles. The number of amides is 1. The Bertz CT molecular complexity index is 365. The summed E-state index contributed by atoms with van der Waals surface area (Å²) in [6.07, 6.45) is 3.39. The van der Waals surface area contributed by atoms with Crippen LogP contribution in [0, 0.1) is 0 Å². The fourth-order valence-corrected chi connectivity index (χ4v) is 1.67. The van der Waals surface area contributed by atoms with Crippen LogP contribution in [0.2, 0.25) is 0 Å². The van der Waals surface area contributed by atoms with Gasteiger partial charge < -0.3 is 10.1 Å². The highest BCUT2D eigenvalue weighted by atomic mass is 35.5. The molecule has 0 aromatic rings. The van der Waals surface area contributed by atoms with E-state index in [-0.39, 0.29) is 22.8 Å². The monoisotopic (exact) mass is 323 g/mol. The van der Waals surface area contributed by atoms with E-state index < -0.39 is 5.78 Å². The molecular weight excluding hydrogens is 305 g/mol. The molecule has 0 aromatic carbocycles. The average Bonchev–Trinajstić information content (AvgIpc) is 2.32. The minimum Gasteiger partial charge on any atom is -0.466 e. The molecule has 0 fully saturated rings. The zero-order valence-electron chi connectivity index (χ0n) is 11.4. The van der Waals surface area contributed by atoms with E-state index in [1.54, 1.807) is 6.92 Å². The molecule has 0 saturated carbocycles. The fourth-order valence-electron chi connectivity index (χ4n) is 1.43. The molecule has 0 bridgehead atoms. The maximum absolute atomic E-state index is 11.3. The number of halogens is 2. The maximum Gasteiger partial charge on any atom is 0.305 e. The van der Waals surface area contributed by atoms with Crippen molar-refractivity contribution >= 4 is 40.9 Å². The van der Waals surface area contributed by atoms with Gasteiger partial charge in [-0.1, -0.05) is 29.6 Å². The van der Waals surface area contributed by atoms with Gasteiger partial charge in [-0.15, -0.1) is 0 Å². The average molecular weight is 324 g/mol. The summed E-state index contributed by atoms with van der Waals surface area (Å²) in [6, 6.07) is 0. The summed E-state index contributed by atoms with van der Waals surface area (Å²) in [4.78, 5) is 33.6. The second-order valence-electron chi connectivity index (χ2n) is 4.04. The van der Waals surface area contributed by atoms with E-state index in [0.717, 1.165) is 25.3 Å². The largest absolute Gasteiger partial charge is 0.466 e. The van der Waals surface area contributed by atoms with Crippen LogP contribution in [0.4, 0.5) is 0 Å². The van der Waals surface area contributed by atoms with Gasteiger partial charge in [-0.2, -0.15) is 0 Å². The van der Waals surface area contributed by atoms with Gasteiger partial charge in [0.1, 0.15) is 4.49 Å². The van der Waals surface area contributed by atoms with E-state index in [0.29, 0.717) is 19.6 Å². The van der Waals surface area contributed by atoms with Crippen LogP contribution in [0.3, 0.4) is 0 Å². The summed E-state index contributed by atoms with van der Waals surface area (Å²) in [6.45, 7) is 2.62. The number of ether oxygens (including phenoxy) is 1. The molecule has 1 amide bonds. The Balaban J connectivity index is 3.56.